The quantitative estimate of drug-likeness (QED) is 0.745. The van der Waals surface area contributed by atoms with Crippen LogP contribution in [0.25, 0.3) is 11.3 Å². The molecule has 5 nitrogen and oxygen atoms in total. The second-order valence-electron chi connectivity index (χ2n) is 5.79. The first kappa shape index (κ1) is 14.6. The second kappa shape index (κ2) is 5.88. The molecule has 0 radical (unpaired) electrons. The Bertz CT molecular complexity index is 871. The fourth-order valence-electron chi connectivity index (χ4n) is 2.79. The zero-order valence-corrected chi connectivity index (χ0v) is 12.8. The number of benzene rings is 2. The number of carbonyl (C=O) groups excluding carboxylic acids is 1. The Morgan fingerprint density at radius 1 is 1.04 bits per heavy atom. The summed E-state index contributed by atoms with van der Waals surface area (Å²) >= 11 is 0. The van der Waals surface area contributed by atoms with E-state index < -0.39 is 5.82 Å². The SMILES string of the molecule is O=C(c1ccccc1F)N1CC(n2cc(-c3ccccc3)nn2)C1. The lowest BCUT2D eigenvalue weighted by molar-refractivity contribution is 0.0494. The van der Waals surface area contributed by atoms with E-state index in [1.165, 1.54) is 12.1 Å². The van der Waals surface area contributed by atoms with Gasteiger partial charge in [0.2, 0.25) is 0 Å². The molecule has 0 atom stereocenters. The van der Waals surface area contributed by atoms with Gasteiger partial charge in [0.1, 0.15) is 11.5 Å². The number of rotatable bonds is 3. The molecular formula is C18H15FN4O. The van der Waals surface area contributed by atoms with E-state index >= 15 is 0 Å². The van der Waals surface area contributed by atoms with Crippen molar-refractivity contribution in [3.8, 4) is 11.3 Å². The topological polar surface area (TPSA) is 51.0 Å². The highest BCUT2D eigenvalue weighted by atomic mass is 19.1. The van der Waals surface area contributed by atoms with Gasteiger partial charge in [-0.05, 0) is 12.1 Å². The van der Waals surface area contributed by atoms with E-state index in [9.17, 15) is 9.18 Å². The summed E-state index contributed by atoms with van der Waals surface area (Å²) in [7, 11) is 0. The molecule has 0 N–H and O–H groups in total. The van der Waals surface area contributed by atoms with Crippen molar-refractivity contribution in [2.24, 2.45) is 0 Å². The highest BCUT2D eigenvalue weighted by molar-refractivity contribution is 5.95. The monoisotopic (exact) mass is 322 g/mol. The van der Waals surface area contributed by atoms with Crippen LogP contribution in [0.5, 0.6) is 0 Å². The van der Waals surface area contributed by atoms with Crippen molar-refractivity contribution in [1.82, 2.24) is 19.9 Å². The molecule has 1 fully saturated rings. The fraction of sp³-hybridized carbons (Fsp3) is 0.167. The van der Waals surface area contributed by atoms with Crippen molar-refractivity contribution < 1.29 is 9.18 Å². The van der Waals surface area contributed by atoms with Gasteiger partial charge in [0.15, 0.2) is 0 Å². The van der Waals surface area contributed by atoms with Crippen molar-refractivity contribution in [3.63, 3.8) is 0 Å². The molecule has 1 amide bonds. The average Bonchev–Trinajstić information content (AvgIpc) is 3.04. The molecule has 1 aliphatic rings. The average molecular weight is 322 g/mol. The zero-order valence-electron chi connectivity index (χ0n) is 12.8. The molecule has 0 aliphatic carbocycles. The first-order valence-electron chi connectivity index (χ1n) is 7.73. The maximum absolute atomic E-state index is 13.7. The molecule has 0 spiro atoms. The van der Waals surface area contributed by atoms with Gasteiger partial charge in [-0.15, -0.1) is 5.10 Å². The van der Waals surface area contributed by atoms with Crippen molar-refractivity contribution in [2.45, 2.75) is 6.04 Å². The van der Waals surface area contributed by atoms with Gasteiger partial charge in [-0.1, -0.05) is 47.7 Å². The normalized spacial score (nSPS) is 14.5. The van der Waals surface area contributed by atoms with Gasteiger partial charge in [-0.2, -0.15) is 0 Å². The Morgan fingerprint density at radius 2 is 1.75 bits per heavy atom. The van der Waals surface area contributed by atoms with Crippen LogP contribution in [0.2, 0.25) is 0 Å². The third kappa shape index (κ3) is 2.56. The van der Waals surface area contributed by atoms with Gasteiger partial charge in [-0.3, -0.25) is 4.79 Å². The number of hydrogen-bond acceptors (Lipinski definition) is 3. The van der Waals surface area contributed by atoms with Gasteiger partial charge >= 0.3 is 0 Å². The van der Waals surface area contributed by atoms with Crippen LogP contribution in [0.4, 0.5) is 4.39 Å². The Balaban J connectivity index is 1.44. The first-order chi connectivity index (χ1) is 11.7. The van der Waals surface area contributed by atoms with Gasteiger partial charge < -0.3 is 4.90 Å². The predicted octanol–water partition coefficient (Wildman–Crippen LogP) is 2.78. The molecule has 24 heavy (non-hydrogen) atoms. The molecule has 1 aromatic heterocycles. The highest BCUT2D eigenvalue weighted by Crippen LogP contribution is 2.25. The summed E-state index contributed by atoms with van der Waals surface area (Å²) < 4.78 is 15.5. The van der Waals surface area contributed by atoms with Gasteiger partial charge in [-0.25, -0.2) is 9.07 Å². The maximum Gasteiger partial charge on any atom is 0.256 e. The standard InChI is InChI=1S/C18H15FN4O/c19-16-9-5-4-8-15(16)18(24)22-10-14(11-22)23-12-17(20-21-23)13-6-2-1-3-7-13/h1-9,12,14H,10-11H2. The number of nitrogens with zero attached hydrogens (tertiary/aromatic N) is 4. The molecule has 1 saturated heterocycles. The molecule has 0 saturated carbocycles. The van der Waals surface area contributed by atoms with Crippen LogP contribution < -0.4 is 0 Å². The molecule has 6 heteroatoms. The summed E-state index contributed by atoms with van der Waals surface area (Å²) in [6, 6.07) is 15.9. The lowest BCUT2D eigenvalue weighted by Crippen LogP contribution is -2.51. The number of halogens is 1. The second-order valence-corrected chi connectivity index (χ2v) is 5.79. The zero-order chi connectivity index (χ0) is 16.5. The highest BCUT2D eigenvalue weighted by Gasteiger charge is 2.34. The largest absolute Gasteiger partial charge is 0.334 e. The summed E-state index contributed by atoms with van der Waals surface area (Å²) in [4.78, 5) is 13.9. The van der Waals surface area contributed by atoms with Gasteiger partial charge in [0, 0.05) is 18.7 Å². The van der Waals surface area contributed by atoms with Crippen molar-refractivity contribution in [1.29, 1.82) is 0 Å². The van der Waals surface area contributed by atoms with Crippen LogP contribution in [0, 0.1) is 5.82 Å². The first-order valence-corrected chi connectivity index (χ1v) is 7.73. The number of likely N-dealkylation sites (tertiary alicyclic amines) is 1. The van der Waals surface area contributed by atoms with Crippen LogP contribution >= 0.6 is 0 Å². The smallest absolute Gasteiger partial charge is 0.256 e. The van der Waals surface area contributed by atoms with Crippen LogP contribution in [0.1, 0.15) is 16.4 Å². The van der Waals surface area contributed by atoms with Crippen LogP contribution in [-0.2, 0) is 0 Å². The molecule has 3 aromatic rings. The Kier molecular flexibility index (Phi) is 3.57. The minimum Gasteiger partial charge on any atom is -0.334 e. The molecule has 2 aromatic carbocycles. The van der Waals surface area contributed by atoms with E-state index in [1.807, 2.05) is 36.5 Å². The van der Waals surface area contributed by atoms with E-state index in [-0.39, 0.29) is 17.5 Å². The fourth-order valence-corrected chi connectivity index (χ4v) is 2.79. The summed E-state index contributed by atoms with van der Waals surface area (Å²) in [6.07, 6.45) is 1.88. The molecule has 2 heterocycles. The van der Waals surface area contributed by atoms with Crippen molar-refractivity contribution in [2.75, 3.05) is 13.1 Å². The molecule has 1 aliphatic heterocycles. The van der Waals surface area contributed by atoms with Crippen LogP contribution in [0.15, 0.2) is 60.8 Å². The summed E-state index contributed by atoms with van der Waals surface area (Å²) in [5.74, 6) is -0.772. The summed E-state index contributed by atoms with van der Waals surface area (Å²) in [6.45, 7) is 1.01. The third-order valence-electron chi connectivity index (χ3n) is 4.21. The van der Waals surface area contributed by atoms with E-state index in [2.05, 4.69) is 10.3 Å². The lowest BCUT2D eigenvalue weighted by Gasteiger charge is -2.38. The van der Waals surface area contributed by atoms with Gasteiger partial charge in [0.05, 0.1) is 17.8 Å². The third-order valence-corrected chi connectivity index (χ3v) is 4.21. The molecule has 120 valence electrons. The summed E-state index contributed by atoms with van der Waals surface area (Å²) in [5.41, 5.74) is 1.91. The van der Waals surface area contributed by atoms with E-state index in [0.29, 0.717) is 13.1 Å². The minimum atomic E-state index is -0.488. The van der Waals surface area contributed by atoms with E-state index in [4.69, 9.17) is 0 Å². The van der Waals surface area contributed by atoms with Crippen LogP contribution in [-0.4, -0.2) is 38.9 Å². The Morgan fingerprint density at radius 3 is 2.50 bits per heavy atom. The number of carbonyl (C=O) groups is 1. The van der Waals surface area contributed by atoms with E-state index in [0.717, 1.165) is 11.3 Å². The minimum absolute atomic E-state index is 0.0747. The lowest BCUT2D eigenvalue weighted by atomic mass is 10.1. The molecule has 0 unspecified atom stereocenters. The van der Waals surface area contributed by atoms with Crippen LogP contribution in [0.3, 0.4) is 0 Å². The summed E-state index contributed by atoms with van der Waals surface area (Å²) in [5, 5.41) is 8.33. The number of hydrogen-bond donors (Lipinski definition) is 0. The maximum atomic E-state index is 13.7. The van der Waals surface area contributed by atoms with Crippen molar-refractivity contribution >= 4 is 5.91 Å². The number of aromatic nitrogens is 3. The van der Waals surface area contributed by atoms with E-state index in [1.54, 1.807) is 21.7 Å². The molecule has 4 rings (SSSR count). The Labute approximate surface area is 138 Å². The predicted molar refractivity (Wildman–Crippen MR) is 86.8 cm³/mol. The number of amides is 1. The molecular weight excluding hydrogens is 307 g/mol. The molecule has 0 bridgehead atoms. The Hall–Kier alpha value is -3.02. The van der Waals surface area contributed by atoms with Crippen molar-refractivity contribution in [3.05, 3.63) is 72.2 Å². The van der Waals surface area contributed by atoms with Gasteiger partial charge in [0.25, 0.3) is 5.91 Å².